The first-order valence-corrected chi connectivity index (χ1v) is 4.70. The molecule has 92 valence electrons. The second-order valence-electron chi connectivity index (χ2n) is 3.18. The number of amides is 1. The largest absolute Gasteiger partial charge is 0.451 e. The third-order valence-corrected chi connectivity index (χ3v) is 1.70. The van der Waals surface area contributed by atoms with E-state index in [0.717, 1.165) is 12.4 Å². The van der Waals surface area contributed by atoms with E-state index in [-0.39, 0.29) is 5.91 Å². The first-order valence-electron chi connectivity index (χ1n) is 4.70. The molecule has 0 saturated carbocycles. The number of aromatic nitrogens is 2. The molecule has 0 atom stereocenters. The molecule has 0 aliphatic rings. The van der Waals surface area contributed by atoms with Crippen molar-refractivity contribution in [3.05, 3.63) is 29.9 Å². The molecule has 0 aliphatic heterocycles. The number of hydrogen-bond donors (Lipinski definition) is 1. The number of alkyl halides is 3. The van der Waals surface area contributed by atoms with Crippen molar-refractivity contribution in [2.45, 2.75) is 13.1 Å². The lowest BCUT2D eigenvalue weighted by molar-refractivity contribution is -0.145. The highest BCUT2D eigenvalue weighted by Crippen LogP contribution is 2.25. The van der Waals surface area contributed by atoms with Crippen LogP contribution in [0.1, 0.15) is 18.3 Å². The highest BCUT2D eigenvalue weighted by Gasteiger charge is 2.34. The standard InChI is InChI=1S/C10H10F3N3O/c1-7(17)14-4-2-3-8-5-15-9(16-6-8)10(11,12)13/h2-3,5-6H,4H2,1H3,(H,14,17). The number of carbonyl (C=O) groups is 1. The summed E-state index contributed by atoms with van der Waals surface area (Å²) >= 11 is 0. The zero-order valence-corrected chi connectivity index (χ0v) is 8.95. The van der Waals surface area contributed by atoms with Crippen LogP contribution in [-0.4, -0.2) is 22.4 Å². The Kier molecular flexibility index (Phi) is 4.19. The fourth-order valence-corrected chi connectivity index (χ4v) is 0.968. The van der Waals surface area contributed by atoms with Crippen molar-refractivity contribution in [2.75, 3.05) is 6.54 Å². The number of rotatable bonds is 3. The zero-order valence-electron chi connectivity index (χ0n) is 8.95. The quantitative estimate of drug-likeness (QED) is 0.880. The van der Waals surface area contributed by atoms with Gasteiger partial charge < -0.3 is 5.32 Å². The Hall–Kier alpha value is -1.92. The van der Waals surface area contributed by atoms with Crippen LogP contribution in [0.5, 0.6) is 0 Å². The van der Waals surface area contributed by atoms with Gasteiger partial charge in [0.15, 0.2) is 0 Å². The topological polar surface area (TPSA) is 54.9 Å². The van der Waals surface area contributed by atoms with Gasteiger partial charge in [0.1, 0.15) is 0 Å². The molecule has 0 aromatic carbocycles. The number of carbonyl (C=O) groups excluding carboxylic acids is 1. The van der Waals surface area contributed by atoms with Crippen molar-refractivity contribution in [1.29, 1.82) is 0 Å². The van der Waals surface area contributed by atoms with Gasteiger partial charge in [-0.1, -0.05) is 12.2 Å². The van der Waals surface area contributed by atoms with Gasteiger partial charge in [0.05, 0.1) is 0 Å². The molecular weight excluding hydrogens is 235 g/mol. The monoisotopic (exact) mass is 245 g/mol. The molecule has 4 nitrogen and oxygen atoms in total. The maximum atomic E-state index is 12.1. The summed E-state index contributed by atoms with van der Waals surface area (Å²) in [5.41, 5.74) is 0.434. The van der Waals surface area contributed by atoms with Gasteiger partial charge in [-0.3, -0.25) is 4.79 Å². The van der Waals surface area contributed by atoms with Gasteiger partial charge in [-0.25, -0.2) is 9.97 Å². The van der Waals surface area contributed by atoms with Crippen LogP contribution in [0.25, 0.3) is 6.08 Å². The molecule has 0 radical (unpaired) electrons. The first-order chi connectivity index (χ1) is 7.89. The lowest BCUT2D eigenvalue weighted by atomic mass is 10.3. The van der Waals surface area contributed by atoms with Crippen LogP contribution < -0.4 is 5.32 Å². The van der Waals surface area contributed by atoms with Crippen molar-refractivity contribution >= 4 is 12.0 Å². The summed E-state index contributed by atoms with van der Waals surface area (Å²) < 4.78 is 36.4. The second-order valence-corrected chi connectivity index (χ2v) is 3.18. The maximum absolute atomic E-state index is 12.1. The van der Waals surface area contributed by atoms with Crippen molar-refractivity contribution in [1.82, 2.24) is 15.3 Å². The van der Waals surface area contributed by atoms with Gasteiger partial charge in [-0.05, 0) is 0 Å². The molecule has 1 amide bonds. The molecule has 0 bridgehead atoms. The van der Waals surface area contributed by atoms with Crippen molar-refractivity contribution in [3.63, 3.8) is 0 Å². The highest BCUT2D eigenvalue weighted by molar-refractivity contribution is 5.73. The average molecular weight is 245 g/mol. The van der Waals surface area contributed by atoms with Gasteiger partial charge in [0.2, 0.25) is 11.7 Å². The summed E-state index contributed by atoms with van der Waals surface area (Å²) in [7, 11) is 0. The van der Waals surface area contributed by atoms with Crippen LogP contribution >= 0.6 is 0 Å². The Balaban J connectivity index is 2.60. The predicted octanol–water partition coefficient (Wildman–Crippen LogP) is 1.64. The van der Waals surface area contributed by atoms with E-state index in [9.17, 15) is 18.0 Å². The number of nitrogens with zero attached hydrogens (tertiary/aromatic N) is 2. The molecule has 0 aliphatic carbocycles. The van der Waals surface area contributed by atoms with E-state index in [2.05, 4.69) is 15.3 Å². The van der Waals surface area contributed by atoms with Crippen molar-refractivity contribution in [2.24, 2.45) is 0 Å². The van der Waals surface area contributed by atoms with Crippen LogP contribution in [0.15, 0.2) is 18.5 Å². The molecule has 17 heavy (non-hydrogen) atoms. The molecule has 1 N–H and O–H groups in total. The van der Waals surface area contributed by atoms with E-state index in [1.165, 1.54) is 13.0 Å². The highest BCUT2D eigenvalue weighted by atomic mass is 19.4. The van der Waals surface area contributed by atoms with E-state index in [1.54, 1.807) is 6.08 Å². The molecule has 1 aromatic rings. The van der Waals surface area contributed by atoms with E-state index in [1.807, 2.05) is 0 Å². The summed E-state index contributed by atoms with van der Waals surface area (Å²) in [6.45, 7) is 1.67. The minimum absolute atomic E-state index is 0.182. The fourth-order valence-electron chi connectivity index (χ4n) is 0.968. The summed E-state index contributed by atoms with van der Waals surface area (Å²) in [6, 6.07) is 0. The van der Waals surface area contributed by atoms with Crippen LogP contribution in [0.4, 0.5) is 13.2 Å². The van der Waals surface area contributed by atoms with E-state index < -0.39 is 12.0 Å². The van der Waals surface area contributed by atoms with E-state index >= 15 is 0 Å². The van der Waals surface area contributed by atoms with Gasteiger partial charge in [0, 0.05) is 31.4 Å². The normalized spacial score (nSPS) is 11.8. The average Bonchev–Trinajstić information content (AvgIpc) is 2.23. The molecule has 0 fully saturated rings. The predicted molar refractivity (Wildman–Crippen MR) is 54.8 cm³/mol. The number of hydrogen-bond acceptors (Lipinski definition) is 3. The summed E-state index contributed by atoms with van der Waals surface area (Å²) in [4.78, 5) is 16.9. The lowest BCUT2D eigenvalue weighted by Crippen LogP contribution is -2.19. The van der Waals surface area contributed by atoms with Gasteiger partial charge in [0.25, 0.3) is 0 Å². The van der Waals surface area contributed by atoms with Crippen LogP contribution in [-0.2, 0) is 11.0 Å². The molecular formula is C10H10F3N3O. The van der Waals surface area contributed by atoms with E-state index in [4.69, 9.17) is 0 Å². The first kappa shape index (κ1) is 13.1. The van der Waals surface area contributed by atoms with Crippen molar-refractivity contribution < 1.29 is 18.0 Å². The molecule has 7 heteroatoms. The SMILES string of the molecule is CC(=O)NCC=Cc1cnc(C(F)(F)F)nc1. The summed E-state index contributed by atoms with van der Waals surface area (Å²) in [6.07, 6.45) is 0.724. The fraction of sp³-hybridized carbons (Fsp3) is 0.300. The molecule has 1 aromatic heterocycles. The van der Waals surface area contributed by atoms with Gasteiger partial charge >= 0.3 is 6.18 Å². The molecule has 0 saturated heterocycles. The molecule has 0 unspecified atom stereocenters. The minimum Gasteiger partial charge on any atom is -0.353 e. The Morgan fingerprint density at radius 1 is 1.41 bits per heavy atom. The second kappa shape index (κ2) is 5.42. The van der Waals surface area contributed by atoms with Crippen LogP contribution in [0, 0.1) is 0 Å². The Morgan fingerprint density at radius 3 is 2.47 bits per heavy atom. The number of nitrogens with one attached hydrogen (secondary N) is 1. The Morgan fingerprint density at radius 2 is 2.00 bits per heavy atom. The molecule has 0 spiro atoms. The maximum Gasteiger partial charge on any atom is 0.451 e. The van der Waals surface area contributed by atoms with E-state index in [0.29, 0.717) is 12.1 Å². The van der Waals surface area contributed by atoms with Gasteiger partial charge in [-0.2, -0.15) is 13.2 Å². The summed E-state index contributed by atoms with van der Waals surface area (Å²) in [5.74, 6) is -1.35. The summed E-state index contributed by atoms with van der Waals surface area (Å²) in [5, 5.41) is 2.50. The smallest absolute Gasteiger partial charge is 0.353 e. The third kappa shape index (κ3) is 4.62. The molecule has 1 rings (SSSR count). The minimum atomic E-state index is -4.53. The Labute approximate surface area is 95.6 Å². The lowest BCUT2D eigenvalue weighted by Gasteiger charge is -2.03. The van der Waals surface area contributed by atoms with Gasteiger partial charge in [-0.15, -0.1) is 0 Å². The molecule has 1 heterocycles. The van der Waals surface area contributed by atoms with Crippen molar-refractivity contribution in [3.8, 4) is 0 Å². The number of halogens is 3. The third-order valence-electron chi connectivity index (χ3n) is 1.70. The van der Waals surface area contributed by atoms with Crippen LogP contribution in [0.2, 0.25) is 0 Å². The van der Waals surface area contributed by atoms with Crippen LogP contribution in [0.3, 0.4) is 0 Å². The zero-order chi connectivity index (χ0) is 12.9. The Bertz CT molecular complexity index is 412.